The van der Waals surface area contributed by atoms with Crippen molar-refractivity contribution in [1.29, 1.82) is 0 Å². The van der Waals surface area contributed by atoms with E-state index in [-0.39, 0.29) is 29.7 Å². The molecule has 3 atom stereocenters. The molecule has 3 N–H and O–H groups in total. The van der Waals surface area contributed by atoms with Crippen LogP contribution in [0.3, 0.4) is 0 Å². The highest BCUT2D eigenvalue weighted by molar-refractivity contribution is 7.89. The Kier molecular flexibility index (Phi) is 7.54. The molecule has 2 aromatic rings. The Morgan fingerprint density at radius 2 is 1.80 bits per heavy atom. The molecular weight excluding hydrogens is 411 g/mol. The zero-order valence-electron chi connectivity index (χ0n) is 16.3. The van der Waals surface area contributed by atoms with Crippen LogP contribution in [0, 0.1) is 5.82 Å². The van der Waals surface area contributed by atoms with Crippen LogP contribution in [0.2, 0.25) is 0 Å². The third kappa shape index (κ3) is 5.63. The van der Waals surface area contributed by atoms with Gasteiger partial charge in [0.2, 0.25) is 10.0 Å². The van der Waals surface area contributed by atoms with Crippen molar-refractivity contribution in [3.63, 3.8) is 0 Å². The van der Waals surface area contributed by atoms with Crippen LogP contribution in [-0.4, -0.2) is 50.8 Å². The molecule has 1 heterocycles. The Balaban J connectivity index is 1.51. The fourth-order valence-electron chi connectivity index (χ4n) is 3.43. The summed E-state index contributed by atoms with van der Waals surface area (Å²) in [6.07, 6.45) is 0.580. The molecule has 3 rings (SSSR count). The zero-order valence-corrected chi connectivity index (χ0v) is 17.1. The van der Waals surface area contributed by atoms with Crippen LogP contribution in [0.1, 0.15) is 29.6 Å². The standard InChI is InChI=1S/C21H25FN2O5S/c22-18-9-5-4-8-17(18)21(26)23-13-12-15-10-11-19(20(14-25)29-15)24-30(27,28)16-6-2-1-3-7-16/h1-9,15,19-20,24-25H,10-14H2,(H,23,26)/t15-,19-,20+/m1/s1. The van der Waals surface area contributed by atoms with E-state index in [2.05, 4.69) is 10.0 Å². The van der Waals surface area contributed by atoms with Crippen molar-refractivity contribution in [2.45, 2.75) is 42.4 Å². The van der Waals surface area contributed by atoms with E-state index in [4.69, 9.17) is 4.74 Å². The summed E-state index contributed by atoms with van der Waals surface area (Å²) in [5, 5.41) is 12.3. The monoisotopic (exact) mass is 436 g/mol. The summed E-state index contributed by atoms with van der Waals surface area (Å²) >= 11 is 0. The number of benzene rings is 2. The quantitative estimate of drug-likeness (QED) is 0.586. The van der Waals surface area contributed by atoms with Gasteiger partial charge in [-0.15, -0.1) is 0 Å². The van der Waals surface area contributed by atoms with Gasteiger partial charge in [0.25, 0.3) is 5.91 Å². The Bertz CT molecular complexity index is 955. The van der Waals surface area contributed by atoms with Gasteiger partial charge in [0.1, 0.15) is 5.82 Å². The number of halogens is 1. The minimum atomic E-state index is -3.72. The molecule has 0 aromatic heterocycles. The number of aliphatic hydroxyl groups is 1. The van der Waals surface area contributed by atoms with Crippen molar-refractivity contribution in [2.75, 3.05) is 13.2 Å². The smallest absolute Gasteiger partial charge is 0.254 e. The molecule has 1 amide bonds. The van der Waals surface area contributed by atoms with E-state index in [1.807, 2.05) is 0 Å². The van der Waals surface area contributed by atoms with Gasteiger partial charge >= 0.3 is 0 Å². The lowest BCUT2D eigenvalue weighted by Crippen LogP contribution is -2.51. The zero-order chi connectivity index (χ0) is 21.6. The van der Waals surface area contributed by atoms with Gasteiger partial charge in [-0.3, -0.25) is 4.79 Å². The van der Waals surface area contributed by atoms with E-state index in [1.165, 1.54) is 30.3 Å². The number of rotatable bonds is 8. The first kappa shape index (κ1) is 22.4. The van der Waals surface area contributed by atoms with Crippen LogP contribution < -0.4 is 10.0 Å². The molecule has 9 heteroatoms. The van der Waals surface area contributed by atoms with Crippen LogP contribution in [0.5, 0.6) is 0 Å². The molecule has 1 fully saturated rings. The molecule has 0 unspecified atom stereocenters. The lowest BCUT2D eigenvalue weighted by Gasteiger charge is -2.36. The maximum atomic E-state index is 13.7. The number of carbonyl (C=O) groups is 1. The van der Waals surface area contributed by atoms with Crippen molar-refractivity contribution >= 4 is 15.9 Å². The Hall–Kier alpha value is -2.33. The van der Waals surface area contributed by atoms with E-state index >= 15 is 0 Å². The fraction of sp³-hybridized carbons (Fsp3) is 0.381. The summed E-state index contributed by atoms with van der Waals surface area (Å²) < 4.78 is 47.2. The largest absolute Gasteiger partial charge is 0.394 e. The predicted molar refractivity (Wildman–Crippen MR) is 109 cm³/mol. The normalized spacial score (nSPS) is 21.9. The van der Waals surface area contributed by atoms with Crippen molar-refractivity contribution < 1.29 is 27.4 Å². The number of amides is 1. The first-order valence-corrected chi connectivity index (χ1v) is 11.3. The summed E-state index contributed by atoms with van der Waals surface area (Å²) in [6, 6.07) is 13.2. The number of nitrogens with one attached hydrogen (secondary N) is 2. The maximum Gasteiger partial charge on any atom is 0.254 e. The van der Waals surface area contributed by atoms with Crippen molar-refractivity contribution in [1.82, 2.24) is 10.0 Å². The van der Waals surface area contributed by atoms with Gasteiger partial charge in [0.15, 0.2) is 0 Å². The molecule has 1 aliphatic heterocycles. The molecule has 7 nitrogen and oxygen atoms in total. The van der Waals surface area contributed by atoms with Gasteiger partial charge in [0, 0.05) is 6.54 Å². The summed E-state index contributed by atoms with van der Waals surface area (Å²) in [6.45, 7) is -0.0591. The molecule has 0 radical (unpaired) electrons. The van der Waals surface area contributed by atoms with Crippen molar-refractivity contribution in [3.05, 3.63) is 66.0 Å². The molecule has 1 saturated heterocycles. The second-order valence-corrected chi connectivity index (χ2v) is 8.84. The van der Waals surface area contributed by atoms with Crippen LogP contribution in [0.4, 0.5) is 4.39 Å². The van der Waals surface area contributed by atoms with Gasteiger partial charge in [0.05, 0.1) is 35.3 Å². The first-order valence-electron chi connectivity index (χ1n) is 9.77. The number of carbonyl (C=O) groups excluding carboxylic acids is 1. The van der Waals surface area contributed by atoms with E-state index in [1.54, 1.807) is 24.3 Å². The van der Waals surface area contributed by atoms with E-state index < -0.39 is 33.9 Å². The minimum absolute atomic E-state index is 0.0225. The summed E-state index contributed by atoms with van der Waals surface area (Å²) in [7, 11) is -3.72. The average Bonchev–Trinajstić information content (AvgIpc) is 2.75. The van der Waals surface area contributed by atoms with Crippen LogP contribution in [-0.2, 0) is 14.8 Å². The molecule has 162 valence electrons. The van der Waals surface area contributed by atoms with Gasteiger partial charge in [-0.1, -0.05) is 30.3 Å². The maximum absolute atomic E-state index is 13.7. The number of hydrogen-bond donors (Lipinski definition) is 3. The molecule has 0 aliphatic carbocycles. The van der Waals surface area contributed by atoms with Crippen molar-refractivity contribution in [3.8, 4) is 0 Å². The molecule has 2 aromatic carbocycles. The van der Waals surface area contributed by atoms with E-state index in [0.29, 0.717) is 19.3 Å². The Morgan fingerprint density at radius 1 is 1.10 bits per heavy atom. The topological polar surface area (TPSA) is 105 Å². The van der Waals surface area contributed by atoms with Gasteiger partial charge in [-0.2, -0.15) is 0 Å². The highest BCUT2D eigenvalue weighted by Gasteiger charge is 2.33. The molecule has 1 aliphatic rings. The molecular formula is C21H25FN2O5S. The number of ether oxygens (including phenoxy) is 1. The average molecular weight is 437 g/mol. The lowest BCUT2D eigenvalue weighted by molar-refractivity contribution is -0.0871. The highest BCUT2D eigenvalue weighted by Crippen LogP contribution is 2.23. The van der Waals surface area contributed by atoms with Gasteiger partial charge in [-0.05, 0) is 43.5 Å². The second kappa shape index (κ2) is 10.1. The number of sulfonamides is 1. The molecule has 0 spiro atoms. The van der Waals surface area contributed by atoms with Gasteiger partial charge in [-0.25, -0.2) is 17.5 Å². The summed E-state index contributed by atoms with van der Waals surface area (Å²) in [5.41, 5.74) is -0.0225. The molecule has 0 saturated carbocycles. The van der Waals surface area contributed by atoms with Gasteiger partial charge < -0.3 is 15.2 Å². The fourth-order valence-corrected chi connectivity index (χ4v) is 4.75. The van der Waals surface area contributed by atoms with Crippen LogP contribution in [0.15, 0.2) is 59.5 Å². The highest BCUT2D eigenvalue weighted by atomic mass is 32.2. The first-order chi connectivity index (χ1) is 14.4. The molecule has 0 bridgehead atoms. The number of aliphatic hydroxyl groups excluding tert-OH is 1. The third-order valence-corrected chi connectivity index (χ3v) is 6.53. The third-order valence-electron chi connectivity index (χ3n) is 5.03. The Morgan fingerprint density at radius 3 is 2.50 bits per heavy atom. The van der Waals surface area contributed by atoms with E-state index in [0.717, 1.165) is 0 Å². The Labute approximate surface area is 175 Å². The summed E-state index contributed by atoms with van der Waals surface area (Å²) in [5.74, 6) is -1.09. The summed E-state index contributed by atoms with van der Waals surface area (Å²) in [4.78, 5) is 12.2. The van der Waals surface area contributed by atoms with E-state index in [9.17, 15) is 22.7 Å². The predicted octanol–water partition coefficient (Wildman–Crippen LogP) is 1.83. The van der Waals surface area contributed by atoms with Crippen molar-refractivity contribution in [2.24, 2.45) is 0 Å². The lowest BCUT2D eigenvalue weighted by atomic mass is 9.98. The second-order valence-electron chi connectivity index (χ2n) is 7.12. The molecule has 30 heavy (non-hydrogen) atoms. The van der Waals surface area contributed by atoms with Crippen LogP contribution >= 0.6 is 0 Å². The SMILES string of the molecule is O=C(NCC[C@H]1CC[C@@H](NS(=O)(=O)c2ccccc2)[C@H](CO)O1)c1ccccc1F. The van der Waals surface area contributed by atoms with Crippen LogP contribution in [0.25, 0.3) is 0 Å². The number of hydrogen-bond acceptors (Lipinski definition) is 5. The minimum Gasteiger partial charge on any atom is -0.394 e.